The number of allylic oxidation sites excluding steroid dienone is 4. The predicted octanol–water partition coefficient (Wildman–Crippen LogP) is 4.55. The van der Waals surface area contributed by atoms with Crippen LogP contribution in [0.25, 0.3) is 0 Å². The minimum absolute atomic E-state index is 0.100. The second kappa shape index (κ2) is 14.8. The van der Waals surface area contributed by atoms with Crippen LogP contribution in [0.4, 0.5) is 0 Å². The van der Waals surface area contributed by atoms with Gasteiger partial charge in [-0.3, -0.25) is 0 Å². The van der Waals surface area contributed by atoms with Gasteiger partial charge in [-0.1, -0.05) is 42.5 Å². The fourth-order valence-corrected chi connectivity index (χ4v) is 10.9. The molecule has 53 heavy (non-hydrogen) atoms. The fourth-order valence-electron chi connectivity index (χ4n) is 10.9. The lowest BCUT2D eigenvalue weighted by molar-refractivity contribution is -0.369. The van der Waals surface area contributed by atoms with Gasteiger partial charge in [0.05, 0.1) is 83.9 Å². The van der Waals surface area contributed by atoms with Gasteiger partial charge >= 0.3 is 0 Å². The maximum absolute atomic E-state index is 11.3. The van der Waals surface area contributed by atoms with Crippen molar-refractivity contribution in [2.45, 2.75) is 206 Å². The average molecular weight is 743 g/mol. The molecule has 0 bridgehead atoms. The van der Waals surface area contributed by atoms with Crippen LogP contribution in [-0.2, 0) is 37.9 Å². The SMILES string of the molecule is C=CC/C=C\C=C/[C@H]1O[C@H]2C[C@H]3O[C@H]4CC[C@H]5O[C@H]6C[C@@]7(C)O[C@@]8(C)[C@@H](O)C[C@H](CCCO)O[C@@H]8C[C@@H]7O[C@@H]6C[C@@H]5O[C@]4(C)C[C@]3(C)O[C@@H]2C=C[C@@H]1O. The fraction of sp³-hybridized carbons (Fsp3) is 0.810. The van der Waals surface area contributed by atoms with Gasteiger partial charge in [-0.25, -0.2) is 0 Å². The zero-order chi connectivity index (χ0) is 37.2. The van der Waals surface area contributed by atoms with E-state index in [-0.39, 0.29) is 73.8 Å². The molecule has 0 unspecified atom stereocenters. The molecule has 0 spiro atoms. The summed E-state index contributed by atoms with van der Waals surface area (Å²) in [6.45, 7) is 12.2. The Labute approximate surface area is 314 Å². The van der Waals surface area contributed by atoms with Gasteiger partial charge in [0.15, 0.2) is 0 Å². The van der Waals surface area contributed by atoms with E-state index in [0.29, 0.717) is 51.4 Å². The summed E-state index contributed by atoms with van der Waals surface area (Å²) >= 11 is 0. The molecule has 8 rings (SSSR count). The molecule has 11 nitrogen and oxygen atoms in total. The van der Waals surface area contributed by atoms with E-state index in [4.69, 9.17) is 37.9 Å². The standard InChI is InChI=1S/C42H62O11/c1-6-7-8-9-10-13-27-26(44)14-15-29-31(47-27)21-36-41(4,51-29)24-40(3)35(50-36)17-16-28-32(52-40)20-30-33(48-28)23-39(2)37(49-30)22-38-42(5,53-39)34(45)19-25(46-38)12-11-18-43/h6,8-10,13-15,25-38,43-45H,1,7,11-12,16-24H2,2-5H3/b9-8-,13-10-/t25-,26-,27+,28+,29+,30+,31-,32-,33-,34-,35-,36+,37-,38+,39+,40+,41-,42-/m0/s1. The molecule has 7 fully saturated rings. The third-order valence-electron chi connectivity index (χ3n) is 13.7. The Morgan fingerprint density at radius 2 is 1.55 bits per heavy atom. The molecule has 8 heterocycles. The van der Waals surface area contributed by atoms with E-state index in [0.717, 1.165) is 19.3 Å². The van der Waals surface area contributed by atoms with Crippen LogP contribution in [0.3, 0.4) is 0 Å². The Morgan fingerprint density at radius 3 is 2.36 bits per heavy atom. The molecule has 0 aromatic rings. The summed E-state index contributed by atoms with van der Waals surface area (Å²) in [5.41, 5.74) is -2.67. The number of hydrogen-bond donors (Lipinski definition) is 3. The highest BCUT2D eigenvalue weighted by atomic mass is 16.6. The van der Waals surface area contributed by atoms with E-state index in [9.17, 15) is 15.3 Å². The number of fused-ring (bicyclic) bond motifs is 7. The zero-order valence-corrected chi connectivity index (χ0v) is 31.9. The Morgan fingerprint density at radius 1 is 0.736 bits per heavy atom. The van der Waals surface area contributed by atoms with Crippen molar-refractivity contribution < 1.29 is 53.2 Å². The van der Waals surface area contributed by atoms with Gasteiger partial charge < -0.3 is 53.2 Å². The molecular weight excluding hydrogens is 680 g/mol. The highest BCUT2D eigenvalue weighted by Crippen LogP contribution is 2.54. The summed E-state index contributed by atoms with van der Waals surface area (Å²) in [7, 11) is 0. The van der Waals surface area contributed by atoms with Gasteiger partial charge in [-0.05, 0) is 59.8 Å². The van der Waals surface area contributed by atoms with Crippen molar-refractivity contribution in [1.82, 2.24) is 0 Å². The van der Waals surface area contributed by atoms with Crippen LogP contribution >= 0.6 is 0 Å². The van der Waals surface area contributed by atoms with Crippen molar-refractivity contribution in [3.8, 4) is 0 Å². The summed E-state index contributed by atoms with van der Waals surface area (Å²) in [4.78, 5) is 0. The van der Waals surface area contributed by atoms with Crippen molar-refractivity contribution in [3.63, 3.8) is 0 Å². The average Bonchev–Trinajstić information content (AvgIpc) is 3.33. The van der Waals surface area contributed by atoms with Crippen LogP contribution in [0.15, 0.2) is 49.1 Å². The molecule has 0 saturated carbocycles. The lowest BCUT2D eigenvalue weighted by Crippen LogP contribution is -2.72. The Balaban J connectivity index is 0.942. The first kappa shape index (κ1) is 38.4. The number of ether oxygens (including phenoxy) is 8. The lowest BCUT2D eigenvalue weighted by Gasteiger charge is -2.61. The number of hydrogen-bond acceptors (Lipinski definition) is 11. The summed E-state index contributed by atoms with van der Waals surface area (Å²) in [6, 6.07) is 0. The molecule has 11 heteroatoms. The van der Waals surface area contributed by atoms with Crippen LogP contribution in [-0.4, -0.2) is 130 Å². The second-order valence-electron chi connectivity index (χ2n) is 17.8. The first-order chi connectivity index (χ1) is 25.3. The van der Waals surface area contributed by atoms with E-state index in [1.165, 1.54) is 0 Å². The third-order valence-corrected chi connectivity index (χ3v) is 13.7. The van der Waals surface area contributed by atoms with Gasteiger partial charge in [0.1, 0.15) is 23.9 Å². The van der Waals surface area contributed by atoms with E-state index < -0.39 is 40.7 Å². The zero-order valence-electron chi connectivity index (χ0n) is 31.9. The summed E-state index contributed by atoms with van der Waals surface area (Å²) in [5, 5.41) is 31.6. The molecule has 296 valence electrons. The predicted molar refractivity (Wildman–Crippen MR) is 195 cm³/mol. The van der Waals surface area contributed by atoms with Crippen molar-refractivity contribution in [2.24, 2.45) is 0 Å². The number of aliphatic hydroxyl groups is 3. The molecular formula is C42H62O11. The maximum atomic E-state index is 11.3. The van der Waals surface area contributed by atoms with Crippen LogP contribution in [0.2, 0.25) is 0 Å². The molecule has 18 atom stereocenters. The molecule has 0 aliphatic carbocycles. The smallest absolute Gasteiger partial charge is 0.118 e. The number of aliphatic hydroxyl groups excluding tert-OH is 3. The van der Waals surface area contributed by atoms with Gasteiger partial charge in [0.25, 0.3) is 0 Å². The normalized spacial score (nSPS) is 53.6. The van der Waals surface area contributed by atoms with Crippen LogP contribution in [0, 0.1) is 0 Å². The third kappa shape index (κ3) is 7.20. The molecule has 8 aliphatic rings. The summed E-state index contributed by atoms with van der Waals surface area (Å²) in [5.74, 6) is 0. The lowest BCUT2D eigenvalue weighted by atomic mass is 9.72. The molecule has 0 radical (unpaired) electrons. The molecule has 0 aromatic heterocycles. The Hall–Kier alpha value is -1.48. The minimum atomic E-state index is -0.839. The molecule has 7 saturated heterocycles. The first-order valence-electron chi connectivity index (χ1n) is 20.3. The quantitative estimate of drug-likeness (QED) is 0.251. The maximum Gasteiger partial charge on any atom is 0.118 e. The van der Waals surface area contributed by atoms with Crippen LogP contribution in [0.1, 0.15) is 98.3 Å². The van der Waals surface area contributed by atoms with Crippen molar-refractivity contribution in [1.29, 1.82) is 0 Å². The molecule has 0 amide bonds. The van der Waals surface area contributed by atoms with Crippen LogP contribution < -0.4 is 0 Å². The van der Waals surface area contributed by atoms with E-state index in [1.807, 2.05) is 43.4 Å². The van der Waals surface area contributed by atoms with Crippen LogP contribution in [0.5, 0.6) is 0 Å². The Kier molecular flexibility index (Phi) is 10.7. The van der Waals surface area contributed by atoms with Gasteiger partial charge in [0.2, 0.25) is 0 Å². The minimum Gasteiger partial charge on any atom is -0.396 e. The highest BCUT2D eigenvalue weighted by Gasteiger charge is 2.64. The van der Waals surface area contributed by atoms with Gasteiger partial charge in [-0.15, -0.1) is 6.58 Å². The first-order valence-corrected chi connectivity index (χ1v) is 20.3. The Bertz CT molecular complexity index is 1420. The molecule has 0 aromatic carbocycles. The van der Waals surface area contributed by atoms with E-state index in [2.05, 4.69) is 27.4 Å². The largest absolute Gasteiger partial charge is 0.396 e. The van der Waals surface area contributed by atoms with E-state index in [1.54, 1.807) is 6.08 Å². The summed E-state index contributed by atoms with van der Waals surface area (Å²) in [6.07, 6.45) is 16.9. The molecule has 8 aliphatic heterocycles. The van der Waals surface area contributed by atoms with Gasteiger partial charge in [-0.2, -0.15) is 0 Å². The second-order valence-corrected chi connectivity index (χ2v) is 17.8. The van der Waals surface area contributed by atoms with Crippen molar-refractivity contribution in [3.05, 3.63) is 49.1 Å². The highest BCUT2D eigenvalue weighted by molar-refractivity contribution is 5.17. The monoisotopic (exact) mass is 742 g/mol. The number of rotatable bonds is 7. The topological polar surface area (TPSA) is 135 Å². The summed E-state index contributed by atoms with van der Waals surface area (Å²) < 4.78 is 54.6. The van der Waals surface area contributed by atoms with Gasteiger partial charge in [0, 0.05) is 45.1 Å². The van der Waals surface area contributed by atoms with E-state index >= 15 is 0 Å². The van der Waals surface area contributed by atoms with Crippen molar-refractivity contribution >= 4 is 0 Å². The molecule has 3 N–H and O–H groups in total. The van der Waals surface area contributed by atoms with Crippen molar-refractivity contribution in [2.75, 3.05) is 6.61 Å².